The molecule has 2 atom stereocenters. The summed E-state index contributed by atoms with van der Waals surface area (Å²) in [5.74, 6) is 1.21. The number of methoxy groups -OCH3 is 2. The number of carbonyl (C=O) groups is 1. The number of nitrogens with one attached hydrogen (secondary N) is 3. The molecule has 12 nitrogen and oxygen atoms in total. The first-order chi connectivity index (χ1) is 19.5. The van der Waals surface area contributed by atoms with Crippen LogP contribution in [0.5, 0.6) is 11.5 Å². The van der Waals surface area contributed by atoms with Gasteiger partial charge in [0.2, 0.25) is 16.0 Å². The van der Waals surface area contributed by atoms with Gasteiger partial charge in [0.15, 0.2) is 11.6 Å². The Morgan fingerprint density at radius 3 is 2.49 bits per heavy atom. The second-order valence-electron chi connectivity index (χ2n) is 9.29. The van der Waals surface area contributed by atoms with E-state index >= 15 is 0 Å². The third-order valence-electron chi connectivity index (χ3n) is 6.38. The molecule has 4 rings (SSSR count). The summed E-state index contributed by atoms with van der Waals surface area (Å²) in [5.41, 5.74) is 1.23. The molecule has 0 saturated carbocycles. The van der Waals surface area contributed by atoms with E-state index in [9.17, 15) is 13.2 Å². The molecule has 0 spiro atoms. The number of sulfonamides is 1. The number of aromatic nitrogens is 3. The summed E-state index contributed by atoms with van der Waals surface area (Å²) in [7, 11) is -0.434. The average Bonchev–Trinajstić information content (AvgIpc) is 3.36. The van der Waals surface area contributed by atoms with Gasteiger partial charge in [-0.05, 0) is 12.1 Å². The largest absolute Gasteiger partial charge is 0.495 e. The number of ether oxygens (including phenoxy) is 3. The first kappa shape index (κ1) is 30.7. The molecule has 41 heavy (non-hydrogen) atoms. The van der Waals surface area contributed by atoms with Crippen LogP contribution < -0.4 is 24.8 Å². The molecule has 0 amide bonds. The van der Waals surface area contributed by atoms with Crippen molar-refractivity contribution in [3.8, 4) is 22.8 Å². The lowest BCUT2D eigenvalue weighted by molar-refractivity contribution is -0.115. The summed E-state index contributed by atoms with van der Waals surface area (Å²) < 4.78 is 41.9. The first-order valence-electron chi connectivity index (χ1n) is 12.5. The minimum atomic E-state index is -3.39. The zero-order valence-electron chi connectivity index (χ0n) is 22.7. The van der Waals surface area contributed by atoms with Gasteiger partial charge in [0.1, 0.15) is 17.0 Å². The molecule has 15 heteroatoms. The highest BCUT2D eigenvalue weighted by atomic mass is 35.5. The van der Waals surface area contributed by atoms with Crippen LogP contribution >= 0.6 is 23.2 Å². The second kappa shape index (κ2) is 13.2. The zero-order chi connectivity index (χ0) is 29.7. The van der Waals surface area contributed by atoms with E-state index in [4.69, 9.17) is 42.4 Å². The number of carbonyl (C=O) groups excluding carboxylic acids is 1. The summed E-state index contributed by atoms with van der Waals surface area (Å²) in [4.78, 5) is 25.8. The van der Waals surface area contributed by atoms with Crippen LogP contribution in [0.15, 0.2) is 31.0 Å². The third kappa shape index (κ3) is 7.35. The van der Waals surface area contributed by atoms with Crippen LogP contribution in [0.4, 0.5) is 11.8 Å². The molecule has 1 aromatic carbocycles. The lowest BCUT2D eigenvalue weighted by Crippen LogP contribution is -2.30. The fourth-order valence-electron chi connectivity index (χ4n) is 4.35. The Balaban J connectivity index is 1.75. The number of benzene rings is 1. The molecule has 1 saturated heterocycles. The summed E-state index contributed by atoms with van der Waals surface area (Å²) >= 11 is 13.3. The Kier molecular flexibility index (Phi) is 9.87. The van der Waals surface area contributed by atoms with Crippen molar-refractivity contribution in [1.29, 1.82) is 0 Å². The molecule has 3 heterocycles. The van der Waals surface area contributed by atoms with Crippen LogP contribution in [-0.4, -0.2) is 82.0 Å². The maximum Gasteiger partial charge on any atom is 0.223 e. The quantitative estimate of drug-likeness (QED) is 0.189. The highest BCUT2D eigenvalue weighted by Gasteiger charge is 2.30. The number of rotatable bonds is 13. The first-order valence-corrected chi connectivity index (χ1v) is 15.2. The van der Waals surface area contributed by atoms with Crippen molar-refractivity contribution < 1.29 is 27.4 Å². The van der Waals surface area contributed by atoms with E-state index in [1.54, 1.807) is 18.3 Å². The highest BCUT2D eigenvalue weighted by Crippen LogP contribution is 2.46. The predicted molar refractivity (Wildman–Crippen MR) is 159 cm³/mol. The summed E-state index contributed by atoms with van der Waals surface area (Å²) in [6.07, 6.45) is 4.30. The van der Waals surface area contributed by atoms with Crippen molar-refractivity contribution >= 4 is 61.7 Å². The molecule has 0 radical (unpaired) electrons. The highest BCUT2D eigenvalue weighted by molar-refractivity contribution is 7.88. The van der Waals surface area contributed by atoms with Crippen molar-refractivity contribution in [1.82, 2.24) is 19.7 Å². The predicted octanol–water partition coefficient (Wildman–Crippen LogP) is 3.55. The fourth-order valence-corrected chi connectivity index (χ4v) is 5.52. The zero-order valence-corrected chi connectivity index (χ0v) is 25.0. The molecule has 1 fully saturated rings. The van der Waals surface area contributed by atoms with E-state index in [-0.39, 0.29) is 40.9 Å². The number of anilines is 2. The Hall–Kier alpha value is -3.23. The Morgan fingerprint density at radius 1 is 1.15 bits per heavy atom. The standard InChI is InChI=1S/C26H30Cl2N6O6S/c1-5-16(35)8-15-12-40-13-18(15)33-26-30-11-14-9-17(21-22(27)19(38-2)10-20(39-3)23(21)28)32-25(24(14)34-26)29-6-7-31-41(4,36)37/h5,9-11,15,18,31H,1,6-8,12-13H2,2-4H3,(H,29,32)(H,30,33,34)/t15-,18+/m0/s1. The van der Waals surface area contributed by atoms with Crippen molar-refractivity contribution in [2.75, 3.05) is 57.4 Å². The molecule has 0 bridgehead atoms. The minimum absolute atomic E-state index is 0.0627. The van der Waals surface area contributed by atoms with Crippen LogP contribution in [0, 0.1) is 5.92 Å². The smallest absolute Gasteiger partial charge is 0.223 e. The fraction of sp³-hybridized carbons (Fsp3) is 0.385. The number of fused-ring (bicyclic) bond motifs is 1. The molecular weight excluding hydrogens is 595 g/mol. The summed E-state index contributed by atoms with van der Waals surface area (Å²) in [6.45, 7) is 4.68. The van der Waals surface area contributed by atoms with Crippen LogP contribution in [0.1, 0.15) is 6.42 Å². The SMILES string of the molecule is C=CC(=O)C[C@H]1COC[C@H]1Nc1ncc2cc(-c3c(Cl)c(OC)cc(OC)c3Cl)nc(NCCNS(C)(=O)=O)c2n1. The van der Waals surface area contributed by atoms with E-state index in [0.29, 0.717) is 65.1 Å². The van der Waals surface area contributed by atoms with Crippen molar-refractivity contribution in [3.63, 3.8) is 0 Å². The molecule has 0 aliphatic carbocycles. The van der Waals surface area contributed by atoms with Crippen molar-refractivity contribution in [3.05, 3.63) is 41.0 Å². The number of pyridine rings is 1. The maximum absolute atomic E-state index is 11.9. The van der Waals surface area contributed by atoms with E-state index in [1.807, 2.05) is 0 Å². The van der Waals surface area contributed by atoms with Gasteiger partial charge in [-0.1, -0.05) is 29.8 Å². The van der Waals surface area contributed by atoms with Gasteiger partial charge < -0.3 is 24.8 Å². The Morgan fingerprint density at radius 2 is 1.85 bits per heavy atom. The van der Waals surface area contributed by atoms with Gasteiger partial charge in [-0.3, -0.25) is 4.79 Å². The van der Waals surface area contributed by atoms with Gasteiger partial charge >= 0.3 is 0 Å². The van der Waals surface area contributed by atoms with E-state index < -0.39 is 10.0 Å². The number of allylic oxidation sites excluding steroid dienone is 1. The van der Waals surface area contributed by atoms with Crippen LogP contribution in [-0.2, 0) is 19.6 Å². The van der Waals surface area contributed by atoms with Crippen LogP contribution in [0.3, 0.4) is 0 Å². The van der Waals surface area contributed by atoms with E-state index in [2.05, 4.69) is 31.9 Å². The second-order valence-corrected chi connectivity index (χ2v) is 11.9. The number of hydrogen-bond acceptors (Lipinski definition) is 11. The molecule has 1 aliphatic rings. The van der Waals surface area contributed by atoms with Gasteiger partial charge in [-0.25, -0.2) is 28.1 Å². The minimum Gasteiger partial charge on any atom is -0.495 e. The third-order valence-corrected chi connectivity index (χ3v) is 7.86. The number of ketones is 1. The lowest BCUT2D eigenvalue weighted by atomic mass is 9.97. The molecule has 220 valence electrons. The molecule has 3 aromatic rings. The van der Waals surface area contributed by atoms with Crippen molar-refractivity contribution in [2.45, 2.75) is 12.5 Å². The van der Waals surface area contributed by atoms with Crippen LogP contribution in [0.25, 0.3) is 22.2 Å². The van der Waals surface area contributed by atoms with Crippen LogP contribution in [0.2, 0.25) is 10.0 Å². The van der Waals surface area contributed by atoms with Gasteiger partial charge in [-0.2, -0.15) is 0 Å². The van der Waals surface area contributed by atoms with Gasteiger partial charge in [0.05, 0.1) is 55.5 Å². The average molecular weight is 626 g/mol. The Labute approximate surface area is 247 Å². The number of hydrogen-bond donors (Lipinski definition) is 3. The summed E-state index contributed by atoms with van der Waals surface area (Å²) in [5, 5.41) is 7.48. The van der Waals surface area contributed by atoms with E-state index in [0.717, 1.165) is 6.26 Å². The summed E-state index contributed by atoms with van der Waals surface area (Å²) in [6, 6.07) is 3.13. The molecule has 1 aliphatic heterocycles. The van der Waals surface area contributed by atoms with Gasteiger partial charge in [-0.15, -0.1) is 0 Å². The molecule has 0 unspecified atom stereocenters. The number of nitrogens with zero attached hydrogens (tertiary/aromatic N) is 3. The lowest BCUT2D eigenvalue weighted by Gasteiger charge is -2.19. The number of halogens is 2. The topological polar surface area (TPSA) is 154 Å². The van der Waals surface area contributed by atoms with Gasteiger partial charge in [0, 0.05) is 48.6 Å². The Bertz CT molecular complexity index is 1540. The maximum atomic E-state index is 11.9. The van der Waals surface area contributed by atoms with Gasteiger partial charge in [0.25, 0.3) is 0 Å². The molecular formula is C26H30Cl2N6O6S. The monoisotopic (exact) mass is 624 g/mol. The molecule has 2 aromatic heterocycles. The van der Waals surface area contributed by atoms with Crippen molar-refractivity contribution in [2.24, 2.45) is 5.92 Å². The van der Waals surface area contributed by atoms with E-state index in [1.165, 1.54) is 20.3 Å². The normalized spacial score (nSPS) is 16.9. The molecule has 3 N–H and O–H groups in total.